The van der Waals surface area contributed by atoms with E-state index in [1.807, 2.05) is 27.9 Å². The van der Waals surface area contributed by atoms with Gasteiger partial charge in [-0.1, -0.05) is 66.7 Å². The molecule has 270 valence electrons. The maximum atomic E-state index is 10.3. The topological polar surface area (TPSA) is 254 Å². The fraction of sp³-hybridized carbons (Fsp3) is 0.833. The first-order chi connectivity index (χ1) is 21.3. The molecule has 45 heavy (non-hydrogen) atoms. The molecule has 0 saturated carbocycles. The van der Waals surface area contributed by atoms with E-state index in [9.17, 15) is 19.2 Å². The van der Waals surface area contributed by atoms with Crippen LogP contribution < -0.4 is 38.2 Å². The molecular weight excluding hydrogens is 584 g/mol. The summed E-state index contributed by atoms with van der Waals surface area (Å²) in [6.45, 7) is 10.4. The standard InChI is InChI=1S/C7H16N4O.C6H13NO2.C6H15NO.C6H13NO.C5H11NO2/c1-3-4-6(9-2)5-10-11-7(8)12;1-3-4-5(7-2)6(8)9;2*1-3-4-6(5-8)7-2;1-2-3-4(6)5(7)8/h5-6,9H,3-4H2,1-2H3,(H3,8,11,12);5,7H,3-4H2,1-2H3,(H,8,9);6-8H,3-5H2,1-2H3;5-7H,3-4H2,1-2H3;4H,2-3,6H2,1H3,(H,7,8)/b10-5+;;;;. The van der Waals surface area contributed by atoms with Crippen molar-refractivity contribution in [3.05, 3.63) is 0 Å². The Hall–Kier alpha value is -2.69. The first kappa shape index (κ1) is 51.9. The van der Waals surface area contributed by atoms with Crippen molar-refractivity contribution >= 4 is 30.5 Å². The fourth-order valence-electron chi connectivity index (χ4n) is 3.18. The van der Waals surface area contributed by atoms with Gasteiger partial charge in [-0.25, -0.2) is 10.2 Å². The highest BCUT2D eigenvalue weighted by Crippen LogP contribution is 1.95. The number of likely N-dealkylation sites (N-methyl/N-ethyl adjacent to an activating group) is 3. The summed E-state index contributed by atoms with van der Waals surface area (Å²) in [6.07, 6.45) is 11.8. The number of carboxylic acid groups (broad SMARTS) is 2. The van der Waals surface area contributed by atoms with Crippen LogP contribution in [0.3, 0.4) is 0 Å². The molecule has 5 unspecified atom stereocenters. The van der Waals surface area contributed by atoms with Gasteiger partial charge in [0.1, 0.15) is 18.4 Å². The number of carbonyl (C=O) groups excluding carboxylic acids is 2. The normalized spacial score (nSPS) is 13.3. The number of nitrogens with two attached hydrogens (primary N) is 2. The SMILES string of the molecule is CCCC(/C=N/NC(N)=O)NC.CCCC(C=O)NC.CCCC(CO)NC.CCCC(N)C(=O)O.CCCC(NC)C(=O)O. The highest BCUT2D eigenvalue weighted by atomic mass is 16.4. The Morgan fingerprint density at radius 3 is 1.38 bits per heavy atom. The van der Waals surface area contributed by atoms with Crippen LogP contribution in [0.1, 0.15) is 98.8 Å². The molecule has 0 aromatic rings. The molecule has 0 heterocycles. The molecule has 0 aliphatic rings. The number of amides is 2. The summed E-state index contributed by atoms with van der Waals surface area (Å²) in [7, 11) is 7.18. The van der Waals surface area contributed by atoms with Crippen LogP contribution in [0.4, 0.5) is 4.79 Å². The molecule has 0 aliphatic carbocycles. The zero-order valence-corrected chi connectivity index (χ0v) is 29.4. The van der Waals surface area contributed by atoms with Crippen LogP contribution in [0.25, 0.3) is 0 Å². The predicted molar refractivity (Wildman–Crippen MR) is 184 cm³/mol. The van der Waals surface area contributed by atoms with Gasteiger partial charge < -0.3 is 52.8 Å². The lowest BCUT2D eigenvalue weighted by Gasteiger charge is -2.09. The van der Waals surface area contributed by atoms with Gasteiger partial charge in [0.15, 0.2) is 0 Å². The van der Waals surface area contributed by atoms with Gasteiger partial charge in [-0.3, -0.25) is 9.59 Å². The van der Waals surface area contributed by atoms with E-state index in [0.29, 0.717) is 18.9 Å². The molecule has 15 nitrogen and oxygen atoms in total. The Balaban J connectivity index is -0.000000150. The van der Waals surface area contributed by atoms with E-state index in [2.05, 4.69) is 52.6 Å². The van der Waals surface area contributed by atoms with Crippen LogP contribution in [0.5, 0.6) is 0 Å². The Morgan fingerprint density at radius 2 is 1.18 bits per heavy atom. The van der Waals surface area contributed by atoms with Crippen LogP contribution in [-0.2, 0) is 14.4 Å². The summed E-state index contributed by atoms with van der Waals surface area (Å²) >= 11 is 0. The van der Waals surface area contributed by atoms with Crippen molar-refractivity contribution in [2.24, 2.45) is 16.6 Å². The van der Waals surface area contributed by atoms with Crippen LogP contribution >= 0.6 is 0 Å². The van der Waals surface area contributed by atoms with Crippen molar-refractivity contribution < 1.29 is 34.5 Å². The number of carbonyl (C=O) groups is 4. The number of aldehydes is 1. The lowest BCUT2D eigenvalue weighted by atomic mass is 10.2. The van der Waals surface area contributed by atoms with Gasteiger partial charge in [-0.05, 0) is 60.3 Å². The molecule has 15 heteroatoms. The molecule has 0 bridgehead atoms. The van der Waals surface area contributed by atoms with E-state index in [0.717, 1.165) is 57.7 Å². The Bertz CT molecular complexity index is 695. The first-order valence-corrected chi connectivity index (χ1v) is 15.8. The molecule has 0 spiro atoms. The van der Waals surface area contributed by atoms with Crippen molar-refractivity contribution in [3.8, 4) is 0 Å². The number of hydrogen-bond acceptors (Lipinski definition) is 11. The number of rotatable bonds is 20. The van der Waals surface area contributed by atoms with Gasteiger partial charge in [0, 0.05) is 18.3 Å². The molecule has 5 atom stereocenters. The number of aliphatic hydroxyl groups excluding tert-OH is 1. The third kappa shape index (κ3) is 43.5. The maximum absolute atomic E-state index is 10.3. The molecule has 0 fully saturated rings. The summed E-state index contributed by atoms with van der Waals surface area (Å²) < 4.78 is 0. The van der Waals surface area contributed by atoms with Crippen LogP contribution in [0.2, 0.25) is 0 Å². The number of primary amides is 1. The molecule has 12 N–H and O–H groups in total. The second-order valence-corrected chi connectivity index (χ2v) is 9.92. The quantitative estimate of drug-likeness (QED) is 0.0512. The smallest absolute Gasteiger partial charge is 0.332 e. The van der Waals surface area contributed by atoms with E-state index >= 15 is 0 Å². The molecule has 0 saturated heterocycles. The lowest BCUT2D eigenvalue weighted by Crippen LogP contribution is -2.33. The van der Waals surface area contributed by atoms with Crippen LogP contribution in [0, 0.1) is 0 Å². The molecular formula is C30H68N8O7. The monoisotopic (exact) mass is 653 g/mol. The minimum atomic E-state index is -0.910. The summed E-state index contributed by atoms with van der Waals surface area (Å²) in [5.74, 6) is -1.67. The van der Waals surface area contributed by atoms with E-state index < -0.39 is 24.0 Å². The Labute approximate surface area is 272 Å². The van der Waals surface area contributed by atoms with Gasteiger partial charge in [0.25, 0.3) is 0 Å². The maximum Gasteiger partial charge on any atom is 0.332 e. The molecule has 0 aromatic heterocycles. The Morgan fingerprint density at radius 1 is 0.711 bits per heavy atom. The van der Waals surface area contributed by atoms with Gasteiger partial charge in [0.2, 0.25) is 0 Å². The number of hydrazone groups is 1. The molecule has 2 amide bonds. The summed E-state index contributed by atoms with van der Waals surface area (Å²) in [6, 6.07) is -1.10. The number of urea groups is 1. The van der Waals surface area contributed by atoms with Crippen molar-refractivity contribution in [2.75, 3.05) is 34.8 Å². The molecule has 0 aromatic carbocycles. The average molecular weight is 653 g/mol. The van der Waals surface area contributed by atoms with Gasteiger partial charge in [-0.2, -0.15) is 5.10 Å². The van der Waals surface area contributed by atoms with Crippen molar-refractivity contribution in [3.63, 3.8) is 0 Å². The number of carboxylic acids is 2. The summed E-state index contributed by atoms with van der Waals surface area (Å²) in [4.78, 5) is 40.5. The lowest BCUT2D eigenvalue weighted by molar-refractivity contribution is -0.140. The van der Waals surface area contributed by atoms with Gasteiger partial charge in [0.05, 0.1) is 12.6 Å². The van der Waals surface area contributed by atoms with Crippen molar-refractivity contribution in [1.82, 2.24) is 26.7 Å². The summed E-state index contributed by atoms with van der Waals surface area (Å²) in [5, 5.41) is 40.5. The zero-order valence-electron chi connectivity index (χ0n) is 29.4. The van der Waals surface area contributed by atoms with E-state index in [1.54, 1.807) is 20.3 Å². The number of aliphatic carboxylic acids is 2. The Kier molecular flexibility index (Phi) is 47.6. The molecule has 0 rings (SSSR count). The zero-order chi connectivity index (χ0) is 36.1. The predicted octanol–water partition coefficient (Wildman–Crippen LogP) is 1.63. The number of hydrogen-bond donors (Lipinski definition) is 10. The molecule has 0 aliphatic heterocycles. The van der Waals surface area contributed by atoms with Gasteiger partial charge >= 0.3 is 18.0 Å². The first-order valence-electron chi connectivity index (χ1n) is 15.8. The van der Waals surface area contributed by atoms with E-state index in [-0.39, 0.29) is 24.7 Å². The van der Waals surface area contributed by atoms with E-state index in [4.69, 9.17) is 26.8 Å². The van der Waals surface area contributed by atoms with E-state index in [1.165, 1.54) is 0 Å². The van der Waals surface area contributed by atoms with Crippen LogP contribution in [0.15, 0.2) is 5.10 Å². The average Bonchev–Trinajstić information content (AvgIpc) is 3.01. The summed E-state index contributed by atoms with van der Waals surface area (Å²) in [5.41, 5.74) is 12.1. The highest BCUT2D eigenvalue weighted by molar-refractivity contribution is 5.74. The third-order valence-corrected chi connectivity index (χ3v) is 5.94. The minimum Gasteiger partial charge on any atom is -0.480 e. The second-order valence-electron chi connectivity index (χ2n) is 9.92. The molecule has 0 radical (unpaired) electrons. The third-order valence-electron chi connectivity index (χ3n) is 5.94. The number of aliphatic hydroxyl groups is 1. The van der Waals surface area contributed by atoms with Gasteiger partial charge in [-0.15, -0.1) is 0 Å². The van der Waals surface area contributed by atoms with Crippen molar-refractivity contribution in [2.45, 2.75) is 129 Å². The van der Waals surface area contributed by atoms with Crippen molar-refractivity contribution in [1.29, 1.82) is 0 Å². The highest BCUT2D eigenvalue weighted by Gasteiger charge is 2.11. The second kappa shape index (κ2) is 41.3. The number of nitrogens with zero attached hydrogens (tertiary/aromatic N) is 1. The van der Waals surface area contributed by atoms with Crippen LogP contribution in [-0.4, -0.2) is 111 Å². The number of nitrogens with one attached hydrogen (secondary N) is 5. The fourth-order valence-corrected chi connectivity index (χ4v) is 3.18. The largest absolute Gasteiger partial charge is 0.480 e. The minimum absolute atomic E-state index is 0.0694.